The van der Waals surface area contributed by atoms with Gasteiger partial charge in [-0.05, 0) is 25.7 Å². The average molecular weight is 258 g/mol. The van der Waals surface area contributed by atoms with E-state index < -0.39 is 5.97 Å². The van der Waals surface area contributed by atoms with E-state index in [1.807, 2.05) is 0 Å². The third-order valence-corrected chi connectivity index (χ3v) is 5.29. The molecular formula is C13H22O3S. The molecule has 1 heterocycles. The summed E-state index contributed by atoms with van der Waals surface area (Å²) in [7, 11) is 0. The van der Waals surface area contributed by atoms with E-state index in [4.69, 9.17) is 9.84 Å². The molecule has 0 aromatic carbocycles. The van der Waals surface area contributed by atoms with Crippen molar-refractivity contribution in [3.8, 4) is 0 Å². The molecule has 17 heavy (non-hydrogen) atoms. The lowest BCUT2D eigenvalue weighted by Gasteiger charge is -2.23. The van der Waals surface area contributed by atoms with Crippen LogP contribution in [0.25, 0.3) is 0 Å². The zero-order valence-electron chi connectivity index (χ0n) is 10.5. The monoisotopic (exact) mass is 258 g/mol. The Bertz CT molecular complexity index is 274. The van der Waals surface area contributed by atoms with Crippen LogP contribution in [-0.4, -0.2) is 34.3 Å². The molecule has 1 aliphatic heterocycles. The van der Waals surface area contributed by atoms with Crippen LogP contribution < -0.4 is 0 Å². The van der Waals surface area contributed by atoms with Gasteiger partial charge in [-0.2, -0.15) is 11.8 Å². The summed E-state index contributed by atoms with van der Waals surface area (Å²) in [5.74, 6) is 0.709. The standard InChI is InChI=1S/C13H22O3S/c1-10(12(14)15)8-17-9-11-4-7-13(16-11)5-2-3-6-13/h10-11H,2-9H2,1H3,(H,14,15). The summed E-state index contributed by atoms with van der Waals surface area (Å²) in [6.45, 7) is 1.77. The van der Waals surface area contributed by atoms with Gasteiger partial charge in [0.2, 0.25) is 0 Å². The second-order valence-corrected chi connectivity index (χ2v) is 6.52. The number of aliphatic carboxylic acids is 1. The summed E-state index contributed by atoms with van der Waals surface area (Å²) in [5.41, 5.74) is 0.212. The highest BCUT2D eigenvalue weighted by molar-refractivity contribution is 7.99. The lowest BCUT2D eigenvalue weighted by atomic mass is 9.98. The number of carbonyl (C=O) groups is 1. The first-order valence-electron chi connectivity index (χ1n) is 6.60. The molecule has 0 amide bonds. The van der Waals surface area contributed by atoms with Gasteiger partial charge in [-0.25, -0.2) is 0 Å². The molecule has 1 saturated heterocycles. The predicted octanol–water partition coefficient (Wildman–Crippen LogP) is 2.93. The number of ether oxygens (including phenoxy) is 1. The number of hydrogen-bond acceptors (Lipinski definition) is 3. The summed E-state index contributed by atoms with van der Waals surface area (Å²) in [6.07, 6.45) is 7.84. The number of carboxylic acid groups (broad SMARTS) is 1. The Morgan fingerprint density at radius 1 is 1.47 bits per heavy atom. The van der Waals surface area contributed by atoms with E-state index in [2.05, 4.69) is 0 Å². The Kier molecular flexibility index (Phi) is 4.36. The van der Waals surface area contributed by atoms with Crippen molar-refractivity contribution in [2.75, 3.05) is 11.5 Å². The first-order valence-corrected chi connectivity index (χ1v) is 7.75. The molecule has 0 aromatic heterocycles. The average Bonchev–Trinajstić information content (AvgIpc) is 2.90. The minimum Gasteiger partial charge on any atom is -0.481 e. The van der Waals surface area contributed by atoms with E-state index in [0.29, 0.717) is 11.9 Å². The summed E-state index contributed by atoms with van der Waals surface area (Å²) in [5, 5.41) is 8.80. The van der Waals surface area contributed by atoms with Gasteiger partial charge in [0.25, 0.3) is 0 Å². The fraction of sp³-hybridized carbons (Fsp3) is 0.923. The van der Waals surface area contributed by atoms with Crippen molar-refractivity contribution < 1.29 is 14.6 Å². The SMILES string of the molecule is CC(CSCC1CCC2(CCCC2)O1)C(=O)O. The molecule has 98 valence electrons. The molecule has 1 aliphatic carbocycles. The number of carboxylic acids is 1. The molecule has 2 aliphatic rings. The molecule has 2 fully saturated rings. The largest absolute Gasteiger partial charge is 0.481 e. The predicted molar refractivity (Wildman–Crippen MR) is 69.4 cm³/mol. The van der Waals surface area contributed by atoms with E-state index in [1.54, 1.807) is 18.7 Å². The minimum atomic E-state index is -0.697. The van der Waals surface area contributed by atoms with E-state index in [0.717, 1.165) is 12.2 Å². The highest BCUT2D eigenvalue weighted by atomic mass is 32.2. The number of rotatable bonds is 5. The van der Waals surface area contributed by atoms with Gasteiger partial charge in [0.05, 0.1) is 17.6 Å². The van der Waals surface area contributed by atoms with Crippen molar-refractivity contribution in [1.82, 2.24) is 0 Å². The van der Waals surface area contributed by atoms with Gasteiger partial charge in [0.1, 0.15) is 0 Å². The molecule has 0 aromatic rings. The summed E-state index contributed by atoms with van der Waals surface area (Å²) in [4.78, 5) is 10.7. The third-order valence-electron chi connectivity index (χ3n) is 3.95. The fourth-order valence-corrected chi connectivity index (χ4v) is 3.98. The lowest BCUT2D eigenvalue weighted by molar-refractivity contribution is -0.140. The van der Waals surface area contributed by atoms with Gasteiger partial charge in [0, 0.05) is 11.5 Å². The summed E-state index contributed by atoms with van der Waals surface area (Å²) >= 11 is 1.72. The van der Waals surface area contributed by atoms with Crippen LogP contribution >= 0.6 is 11.8 Å². The second-order valence-electron chi connectivity index (χ2n) is 5.45. The van der Waals surface area contributed by atoms with Gasteiger partial charge in [-0.1, -0.05) is 19.8 Å². The molecule has 2 unspecified atom stereocenters. The normalized spacial score (nSPS) is 28.6. The summed E-state index contributed by atoms with van der Waals surface area (Å²) < 4.78 is 6.18. The van der Waals surface area contributed by atoms with Gasteiger partial charge >= 0.3 is 5.97 Å². The first kappa shape index (κ1) is 13.2. The number of hydrogen-bond donors (Lipinski definition) is 1. The molecular weight excluding hydrogens is 236 g/mol. The highest BCUT2D eigenvalue weighted by Gasteiger charge is 2.41. The molecule has 0 bridgehead atoms. The van der Waals surface area contributed by atoms with Crippen LogP contribution in [0.1, 0.15) is 45.4 Å². The molecule has 4 heteroatoms. The quantitative estimate of drug-likeness (QED) is 0.823. The molecule has 2 atom stereocenters. The Labute approximate surface area is 107 Å². The zero-order valence-corrected chi connectivity index (χ0v) is 11.3. The van der Waals surface area contributed by atoms with Crippen LogP contribution in [0.15, 0.2) is 0 Å². The number of thioether (sulfide) groups is 1. The van der Waals surface area contributed by atoms with Gasteiger partial charge in [-0.3, -0.25) is 4.79 Å². The smallest absolute Gasteiger partial charge is 0.307 e. The molecule has 0 radical (unpaired) electrons. The Hall–Kier alpha value is -0.220. The molecule has 2 rings (SSSR count). The van der Waals surface area contributed by atoms with Crippen LogP contribution in [0.2, 0.25) is 0 Å². The zero-order chi connectivity index (χ0) is 12.3. The molecule has 1 spiro atoms. The van der Waals surface area contributed by atoms with Crippen LogP contribution in [0.4, 0.5) is 0 Å². The third kappa shape index (κ3) is 3.38. The van der Waals surface area contributed by atoms with Crippen LogP contribution in [0.3, 0.4) is 0 Å². The van der Waals surface area contributed by atoms with Crippen molar-refractivity contribution in [2.45, 2.75) is 57.2 Å². The first-order chi connectivity index (χ1) is 8.11. The van der Waals surface area contributed by atoms with Crippen LogP contribution in [0, 0.1) is 5.92 Å². The molecule has 3 nitrogen and oxygen atoms in total. The highest BCUT2D eigenvalue weighted by Crippen LogP contribution is 2.43. The topological polar surface area (TPSA) is 46.5 Å². The van der Waals surface area contributed by atoms with Crippen LogP contribution in [0.5, 0.6) is 0 Å². The maximum atomic E-state index is 10.7. The summed E-state index contributed by atoms with van der Waals surface area (Å²) in [6, 6.07) is 0. The maximum Gasteiger partial charge on any atom is 0.307 e. The lowest BCUT2D eigenvalue weighted by Crippen LogP contribution is -2.25. The van der Waals surface area contributed by atoms with Gasteiger partial charge in [-0.15, -0.1) is 0 Å². The second kappa shape index (κ2) is 5.61. The Morgan fingerprint density at radius 3 is 2.82 bits per heavy atom. The van der Waals surface area contributed by atoms with Crippen molar-refractivity contribution in [3.63, 3.8) is 0 Å². The molecule has 1 saturated carbocycles. The maximum absolute atomic E-state index is 10.7. The van der Waals surface area contributed by atoms with E-state index >= 15 is 0 Å². The van der Waals surface area contributed by atoms with E-state index in [1.165, 1.54) is 32.1 Å². The van der Waals surface area contributed by atoms with Crippen molar-refractivity contribution >= 4 is 17.7 Å². The van der Waals surface area contributed by atoms with Crippen molar-refractivity contribution in [3.05, 3.63) is 0 Å². The van der Waals surface area contributed by atoms with Crippen LogP contribution in [-0.2, 0) is 9.53 Å². The van der Waals surface area contributed by atoms with Crippen molar-refractivity contribution in [2.24, 2.45) is 5.92 Å². The Balaban J connectivity index is 1.66. The molecule has 1 N–H and O–H groups in total. The Morgan fingerprint density at radius 2 is 2.18 bits per heavy atom. The van der Waals surface area contributed by atoms with E-state index in [9.17, 15) is 4.79 Å². The minimum absolute atomic E-state index is 0.212. The van der Waals surface area contributed by atoms with Crippen molar-refractivity contribution in [1.29, 1.82) is 0 Å². The van der Waals surface area contributed by atoms with Gasteiger partial charge in [0.15, 0.2) is 0 Å². The van der Waals surface area contributed by atoms with E-state index in [-0.39, 0.29) is 11.5 Å². The fourth-order valence-electron chi connectivity index (χ4n) is 2.85. The van der Waals surface area contributed by atoms with Gasteiger partial charge < -0.3 is 9.84 Å².